The van der Waals surface area contributed by atoms with Crippen LogP contribution < -0.4 is 5.32 Å². The zero-order chi connectivity index (χ0) is 12.8. The van der Waals surface area contributed by atoms with Gasteiger partial charge < -0.3 is 5.32 Å². The first-order valence-electron chi connectivity index (χ1n) is 6.73. The number of aryl methyl sites for hydroxylation is 1. The normalized spacial score (nSPS) is 11.7. The highest BCUT2D eigenvalue weighted by Gasteiger charge is 2.12. The van der Waals surface area contributed by atoms with E-state index < -0.39 is 0 Å². The van der Waals surface area contributed by atoms with E-state index in [1.807, 2.05) is 11.3 Å². The zero-order valence-electron chi connectivity index (χ0n) is 11.8. The lowest BCUT2D eigenvalue weighted by Gasteiger charge is -2.08. The molecule has 0 saturated carbocycles. The average molecular weight is 254 g/mol. The maximum Gasteiger partial charge on any atom is 0.0931 e. The number of hydrogen-bond donors (Lipinski definition) is 1. The van der Waals surface area contributed by atoms with E-state index in [0.29, 0.717) is 12.0 Å². The number of nitrogens with one attached hydrogen (secondary N) is 1. The third-order valence-electron chi connectivity index (χ3n) is 2.56. The molecule has 98 valence electrons. The van der Waals surface area contributed by atoms with E-state index in [4.69, 9.17) is 4.98 Å². The molecular weight excluding hydrogens is 228 g/mol. The minimum Gasteiger partial charge on any atom is -0.310 e. The quantitative estimate of drug-likeness (QED) is 0.800. The van der Waals surface area contributed by atoms with Gasteiger partial charge in [-0.1, -0.05) is 34.6 Å². The molecule has 1 aromatic rings. The highest BCUT2D eigenvalue weighted by atomic mass is 32.1. The average Bonchev–Trinajstić information content (AvgIpc) is 2.57. The molecule has 0 saturated heterocycles. The smallest absolute Gasteiger partial charge is 0.0931 e. The van der Waals surface area contributed by atoms with Crippen LogP contribution in [-0.4, -0.2) is 11.0 Å². The summed E-state index contributed by atoms with van der Waals surface area (Å²) in [6.07, 6.45) is 3.42. The lowest BCUT2D eigenvalue weighted by Crippen LogP contribution is -2.22. The van der Waals surface area contributed by atoms with Crippen LogP contribution in [-0.2, 0) is 19.4 Å². The van der Waals surface area contributed by atoms with E-state index >= 15 is 0 Å². The molecule has 0 aliphatic carbocycles. The molecule has 0 spiro atoms. The van der Waals surface area contributed by atoms with Crippen molar-refractivity contribution in [2.45, 2.75) is 66.5 Å². The molecule has 1 rings (SSSR count). The first-order valence-corrected chi connectivity index (χ1v) is 7.55. The maximum absolute atomic E-state index is 4.80. The fourth-order valence-electron chi connectivity index (χ4n) is 1.74. The number of thiazole rings is 1. The molecule has 17 heavy (non-hydrogen) atoms. The summed E-state index contributed by atoms with van der Waals surface area (Å²) in [4.78, 5) is 6.24. The van der Waals surface area contributed by atoms with Crippen molar-refractivity contribution in [2.24, 2.45) is 5.92 Å². The molecule has 0 aliphatic heterocycles. The fourth-order valence-corrected chi connectivity index (χ4v) is 2.89. The molecule has 0 bridgehead atoms. The van der Waals surface area contributed by atoms with Gasteiger partial charge in [0.05, 0.1) is 10.7 Å². The molecule has 0 radical (unpaired) electrons. The Labute approximate surface area is 110 Å². The summed E-state index contributed by atoms with van der Waals surface area (Å²) in [6, 6.07) is 0.540. The van der Waals surface area contributed by atoms with Crippen LogP contribution in [0.1, 0.15) is 56.6 Å². The van der Waals surface area contributed by atoms with Gasteiger partial charge in [-0.05, 0) is 25.2 Å². The third-order valence-corrected chi connectivity index (χ3v) is 3.72. The Morgan fingerprint density at radius 3 is 2.47 bits per heavy atom. The number of nitrogens with zero attached hydrogens (tertiary/aromatic N) is 1. The minimum atomic E-state index is 0.540. The first-order chi connectivity index (χ1) is 8.02. The lowest BCUT2D eigenvalue weighted by atomic mass is 10.1. The largest absolute Gasteiger partial charge is 0.310 e. The standard InChI is InChI=1S/C14H26N2S/c1-6-7-14-16-12(8-10(2)3)13(17-14)9-15-11(4)5/h10-11,15H,6-9H2,1-5H3. The van der Waals surface area contributed by atoms with Crippen LogP contribution in [0.5, 0.6) is 0 Å². The Morgan fingerprint density at radius 1 is 1.24 bits per heavy atom. The van der Waals surface area contributed by atoms with E-state index in [0.717, 1.165) is 19.4 Å². The van der Waals surface area contributed by atoms with Crippen molar-refractivity contribution < 1.29 is 0 Å². The lowest BCUT2D eigenvalue weighted by molar-refractivity contribution is 0.581. The van der Waals surface area contributed by atoms with Crippen molar-refractivity contribution >= 4 is 11.3 Å². The van der Waals surface area contributed by atoms with E-state index in [1.54, 1.807) is 0 Å². The van der Waals surface area contributed by atoms with Crippen molar-refractivity contribution in [3.05, 3.63) is 15.6 Å². The molecule has 1 heterocycles. The molecule has 3 heteroatoms. The van der Waals surface area contributed by atoms with Crippen LogP contribution in [0.3, 0.4) is 0 Å². The van der Waals surface area contributed by atoms with Crippen molar-refractivity contribution in [3.63, 3.8) is 0 Å². The molecule has 0 atom stereocenters. The van der Waals surface area contributed by atoms with Crippen LogP contribution in [0.2, 0.25) is 0 Å². The van der Waals surface area contributed by atoms with Gasteiger partial charge in [0.25, 0.3) is 0 Å². The van der Waals surface area contributed by atoms with Crippen molar-refractivity contribution in [2.75, 3.05) is 0 Å². The van der Waals surface area contributed by atoms with Gasteiger partial charge in [0.1, 0.15) is 0 Å². The molecule has 1 N–H and O–H groups in total. The molecule has 0 aromatic carbocycles. The Balaban J connectivity index is 2.75. The summed E-state index contributed by atoms with van der Waals surface area (Å²) in [7, 11) is 0. The van der Waals surface area contributed by atoms with Crippen LogP contribution in [0, 0.1) is 5.92 Å². The van der Waals surface area contributed by atoms with Gasteiger partial charge in [-0.15, -0.1) is 11.3 Å². The highest BCUT2D eigenvalue weighted by Crippen LogP contribution is 2.22. The topological polar surface area (TPSA) is 24.9 Å². The van der Waals surface area contributed by atoms with Crippen LogP contribution >= 0.6 is 11.3 Å². The predicted octanol–water partition coefficient (Wildman–Crippen LogP) is 3.79. The Morgan fingerprint density at radius 2 is 1.94 bits per heavy atom. The Kier molecular flexibility index (Phi) is 6.14. The number of rotatable bonds is 7. The summed E-state index contributed by atoms with van der Waals surface area (Å²) >= 11 is 1.89. The SMILES string of the molecule is CCCc1nc(CC(C)C)c(CNC(C)C)s1. The molecular formula is C14H26N2S. The second kappa shape index (κ2) is 7.12. The van der Waals surface area contributed by atoms with Gasteiger partial charge in [-0.3, -0.25) is 0 Å². The first kappa shape index (κ1) is 14.7. The van der Waals surface area contributed by atoms with Gasteiger partial charge >= 0.3 is 0 Å². The van der Waals surface area contributed by atoms with Gasteiger partial charge in [0.15, 0.2) is 0 Å². The summed E-state index contributed by atoms with van der Waals surface area (Å²) < 4.78 is 0. The zero-order valence-corrected chi connectivity index (χ0v) is 12.7. The fraction of sp³-hybridized carbons (Fsp3) is 0.786. The Hall–Kier alpha value is -0.410. The van der Waals surface area contributed by atoms with E-state index in [-0.39, 0.29) is 0 Å². The van der Waals surface area contributed by atoms with Crippen LogP contribution in [0.15, 0.2) is 0 Å². The van der Waals surface area contributed by atoms with Crippen LogP contribution in [0.4, 0.5) is 0 Å². The van der Waals surface area contributed by atoms with E-state index in [2.05, 4.69) is 39.9 Å². The van der Waals surface area contributed by atoms with Gasteiger partial charge in [-0.2, -0.15) is 0 Å². The van der Waals surface area contributed by atoms with Crippen molar-refractivity contribution in [1.29, 1.82) is 0 Å². The second-order valence-corrected chi connectivity index (χ2v) is 6.53. The predicted molar refractivity (Wildman–Crippen MR) is 76.6 cm³/mol. The molecule has 0 unspecified atom stereocenters. The summed E-state index contributed by atoms with van der Waals surface area (Å²) in [5.41, 5.74) is 1.32. The van der Waals surface area contributed by atoms with E-state index in [1.165, 1.54) is 22.0 Å². The van der Waals surface area contributed by atoms with Crippen LogP contribution in [0.25, 0.3) is 0 Å². The number of aromatic nitrogens is 1. The molecule has 2 nitrogen and oxygen atoms in total. The van der Waals surface area contributed by atoms with Crippen molar-refractivity contribution in [3.8, 4) is 0 Å². The highest BCUT2D eigenvalue weighted by molar-refractivity contribution is 7.11. The third kappa shape index (κ3) is 5.17. The molecule has 0 amide bonds. The Bertz CT molecular complexity index is 329. The summed E-state index contributed by atoms with van der Waals surface area (Å²) in [6.45, 7) is 12.1. The minimum absolute atomic E-state index is 0.540. The maximum atomic E-state index is 4.80. The van der Waals surface area contributed by atoms with Gasteiger partial charge in [-0.25, -0.2) is 4.98 Å². The van der Waals surface area contributed by atoms with E-state index in [9.17, 15) is 0 Å². The van der Waals surface area contributed by atoms with Gasteiger partial charge in [0, 0.05) is 17.5 Å². The molecule has 0 fully saturated rings. The van der Waals surface area contributed by atoms with Crippen molar-refractivity contribution in [1.82, 2.24) is 10.3 Å². The summed E-state index contributed by atoms with van der Waals surface area (Å²) in [5.74, 6) is 0.685. The summed E-state index contributed by atoms with van der Waals surface area (Å²) in [5, 5.41) is 4.81. The second-order valence-electron chi connectivity index (χ2n) is 5.36. The molecule has 0 aliphatic rings. The monoisotopic (exact) mass is 254 g/mol. The van der Waals surface area contributed by atoms with Gasteiger partial charge in [0.2, 0.25) is 0 Å². The molecule has 1 aromatic heterocycles. The number of hydrogen-bond acceptors (Lipinski definition) is 3.